The zero-order valence-corrected chi connectivity index (χ0v) is 12.5. The van der Waals surface area contributed by atoms with Gasteiger partial charge in [-0.05, 0) is 52.5 Å². The summed E-state index contributed by atoms with van der Waals surface area (Å²) < 4.78 is 28.1. The first-order valence-corrected chi connectivity index (χ1v) is 6.98. The highest BCUT2D eigenvalue weighted by atomic mass is 79.9. The van der Waals surface area contributed by atoms with Crippen LogP contribution < -0.4 is 11.3 Å². The monoisotopic (exact) mass is 340 g/mol. The molecule has 5 heteroatoms. The summed E-state index contributed by atoms with van der Waals surface area (Å²) >= 11 is 3.07. The lowest BCUT2D eigenvalue weighted by molar-refractivity contribution is 0.496. The second-order valence-electron chi connectivity index (χ2n) is 4.60. The number of hydrogen-bond donors (Lipinski definition) is 2. The quantitative estimate of drug-likeness (QED) is 0.505. The molecule has 0 saturated carbocycles. The molecule has 0 radical (unpaired) electrons. The first-order chi connectivity index (χ1) is 9.54. The molecule has 0 saturated heterocycles. The first-order valence-electron chi connectivity index (χ1n) is 6.18. The zero-order valence-electron chi connectivity index (χ0n) is 11.0. The van der Waals surface area contributed by atoms with Gasteiger partial charge >= 0.3 is 0 Å². The lowest BCUT2D eigenvalue weighted by Crippen LogP contribution is -2.30. The fraction of sp³-hybridized carbons (Fsp3) is 0.200. The third-order valence-corrected chi connectivity index (χ3v) is 3.92. The molecule has 0 aliphatic heterocycles. The van der Waals surface area contributed by atoms with Crippen molar-refractivity contribution in [1.82, 2.24) is 5.43 Å². The van der Waals surface area contributed by atoms with E-state index in [0.29, 0.717) is 0 Å². The van der Waals surface area contributed by atoms with Crippen molar-refractivity contribution in [2.24, 2.45) is 5.84 Å². The number of aryl methyl sites for hydroxylation is 1. The summed E-state index contributed by atoms with van der Waals surface area (Å²) in [6.45, 7) is 1.94. The molecule has 2 nitrogen and oxygen atoms in total. The van der Waals surface area contributed by atoms with Crippen molar-refractivity contribution in [3.63, 3.8) is 0 Å². The molecule has 106 valence electrons. The molecular formula is C15H15BrF2N2. The van der Waals surface area contributed by atoms with Crippen LogP contribution in [0.5, 0.6) is 0 Å². The van der Waals surface area contributed by atoms with E-state index < -0.39 is 11.6 Å². The molecular weight excluding hydrogens is 326 g/mol. The van der Waals surface area contributed by atoms with Crippen LogP contribution in [0, 0.1) is 18.6 Å². The van der Waals surface area contributed by atoms with Gasteiger partial charge in [-0.2, -0.15) is 0 Å². The van der Waals surface area contributed by atoms with E-state index in [9.17, 15) is 8.78 Å². The van der Waals surface area contributed by atoms with Crippen LogP contribution in [-0.2, 0) is 6.42 Å². The Morgan fingerprint density at radius 2 is 1.90 bits per heavy atom. The average molecular weight is 341 g/mol. The summed E-state index contributed by atoms with van der Waals surface area (Å²) in [6, 6.07) is 9.86. The van der Waals surface area contributed by atoms with Gasteiger partial charge in [0.25, 0.3) is 0 Å². The smallest absolute Gasteiger partial charge is 0.143 e. The highest BCUT2D eigenvalue weighted by Gasteiger charge is 2.19. The van der Waals surface area contributed by atoms with Gasteiger partial charge in [-0.25, -0.2) is 8.78 Å². The predicted molar refractivity (Wildman–Crippen MR) is 79.0 cm³/mol. The molecule has 0 spiro atoms. The van der Waals surface area contributed by atoms with Gasteiger partial charge in [-0.15, -0.1) is 0 Å². The SMILES string of the molecule is Cc1ccccc1C(Cc1c(F)ccc(Br)c1F)NN. The summed E-state index contributed by atoms with van der Waals surface area (Å²) in [6.07, 6.45) is 0.137. The Bertz CT molecular complexity index is 617. The lowest BCUT2D eigenvalue weighted by atomic mass is 9.95. The molecule has 2 aromatic carbocycles. The topological polar surface area (TPSA) is 38.0 Å². The second kappa shape index (κ2) is 6.43. The highest BCUT2D eigenvalue weighted by Crippen LogP contribution is 2.27. The molecule has 1 unspecified atom stereocenters. The number of benzene rings is 2. The highest BCUT2D eigenvalue weighted by molar-refractivity contribution is 9.10. The van der Waals surface area contributed by atoms with Crippen molar-refractivity contribution >= 4 is 15.9 Å². The van der Waals surface area contributed by atoms with E-state index >= 15 is 0 Å². The molecule has 0 aliphatic rings. The van der Waals surface area contributed by atoms with Crippen molar-refractivity contribution in [1.29, 1.82) is 0 Å². The maximum absolute atomic E-state index is 14.0. The number of halogens is 3. The van der Waals surface area contributed by atoms with Crippen LogP contribution in [0.15, 0.2) is 40.9 Å². The number of hydrazine groups is 1. The van der Waals surface area contributed by atoms with Crippen molar-refractivity contribution in [2.75, 3.05) is 0 Å². The molecule has 0 bridgehead atoms. The Labute approximate surface area is 125 Å². The van der Waals surface area contributed by atoms with Gasteiger partial charge in [-0.1, -0.05) is 24.3 Å². The number of rotatable bonds is 4. The maximum Gasteiger partial charge on any atom is 0.143 e. The molecule has 2 aromatic rings. The fourth-order valence-corrected chi connectivity index (χ4v) is 2.57. The summed E-state index contributed by atoms with van der Waals surface area (Å²) in [7, 11) is 0. The van der Waals surface area contributed by atoms with E-state index in [4.69, 9.17) is 5.84 Å². The largest absolute Gasteiger partial charge is 0.271 e. The molecule has 0 aliphatic carbocycles. The van der Waals surface area contributed by atoms with Crippen molar-refractivity contribution in [3.8, 4) is 0 Å². The van der Waals surface area contributed by atoms with E-state index in [2.05, 4.69) is 21.4 Å². The Morgan fingerprint density at radius 3 is 2.55 bits per heavy atom. The molecule has 0 amide bonds. The summed E-state index contributed by atoms with van der Waals surface area (Å²) in [5.41, 5.74) is 4.60. The molecule has 0 aromatic heterocycles. The van der Waals surface area contributed by atoms with Crippen LogP contribution in [0.25, 0.3) is 0 Å². The van der Waals surface area contributed by atoms with E-state index in [1.165, 1.54) is 12.1 Å². The first kappa shape index (κ1) is 15.1. The van der Waals surface area contributed by atoms with Crippen LogP contribution in [-0.4, -0.2) is 0 Å². The Balaban J connectivity index is 2.37. The van der Waals surface area contributed by atoms with Crippen LogP contribution in [0.1, 0.15) is 22.7 Å². The predicted octanol–water partition coefficient (Wildman–Crippen LogP) is 3.78. The molecule has 1 atom stereocenters. The minimum absolute atomic E-state index is 0.0191. The van der Waals surface area contributed by atoms with Gasteiger partial charge in [-0.3, -0.25) is 11.3 Å². The van der Waals surface area contributed by atoms with Crippen LogP contribution in [0.2, 0.25) is 0 Å². The van der Waals surface area contributed by atoms with Gasteiger partial charge in [0.1, 0.15) is 11.6 Å². The van der Waals surface area contributed by atoms with Crippen molar-refractivity contribution in [2.45, 2.75) is 19.4 Å². The van der Waals surface area contributed by atoms with Gasteiger partial charge in [0.2, 0.25) is 0 Å². The summed E-state index contributed by atoms with van der Waals surface area (Å²) in [4.78, 5) is 0. The van der Waals surface area contributed by atoms with Crippen LogP contribution in [0.4, 0.5) is 8.78 Å². The van der Waals surface area contributed by atoms with Crippen LogP contribution >= 0.6 is 15.9 Å². The summed E-state index contributed by atoms with van der Waals surface area (Å²) in [5.74, 6) is 4.40. The van der Waals surface area contributed by atoms with Crippen LogP contribution in [0.3, 0.4) is 0 Å². The van der Waals surface area contributed by atoms with E-state index in [1.54, 1.807) is 0 Å². The van der Waals surface area contributed by atoms with E-state index in [-0.39, 0.29) is 22.5 Å². The van der Waals surface area contributed by atoms with Gasteiger partial charge in [0.05, 0.1) is 10.5 Å². The Hall–Kier alpha value is -1.30. The zero-order chi connectivity index (χ0) is 14.7. The number of nitrogens with one attached hydrogen (secondary N) is 1. The normalized spacial score (nSPS) is 12.4. The lowest BCUT2D eigenvalue weighted by Gasteiger charge is -2.19. The maximum atomic E-state index is 14.0. The second-order valence-corrected chi connectivity index (χ2v) is 5.46. The van der Waals surface area contributed by atoms with Crippen molar-refractivity contribution in [3.05, 3.63) is 69.2 Å². The number of nitrogens with two attached hydrogens (primary N) is 1. The van der Waals surface area contributed by atoms with Crippen molar-refractivity contribution < 1.29 is 8.78 Å². The standard InChI is InChI=1S/C15H15BrF2N2/c1-9-4-2-3-5-10(9)14(20-19)8-11-13(17)7-6-12(16)15(11)18/h2-7,14,20H,8,19H2,1H3. The Morgan fingerprint density at radius 1 is 1.20 bits per heavy atom. The fourth-order valence-electron chi connectivity index (χ4n) is 2.20. The molecule has 20 heavy (non-hydrogen) atoms. The molecule has 2 rings (SSSR count). The third-order valence-electron chi connectivity index (χ3n) is 3.31. The molecule has 3 N–H and O–H groups in total. The van der Waals surface area contributed by atoms with E-state index in [1.807, 2.05) is 31.2 Å². The number of hydrogen-bond acceptors (Lipinski definition) is 2. The van der Waals surface area contributed by atoms with Gasteiger partial charge in [0, 0.05) is 5.56 Å². The molecule has 0 fully saturated rings. The average Bonchev–Trinajstić information content (AvgIpc) is 2.45. The summed E-state index contributed by atoms with van der Waals surface area (Å²) in [5, 5.41) is 0. The minimum Gasteiger partial charge on any atom is -0.271 e. The van der Waals surface area contributed by atoms with Gasteiger partial charge in [0.15, 0.2) is 0 Å². The van der Waals surface area contributed by atoms with Gasteiger partial charge < -0.3 is 0 Å². The molecule has 0 heterocycles. The minimum atomic E-state index is -0.584. The Kier molecular flexibility index (Phi) is 4.86. The van der Waals surface area contributed by atoms with E-state index in [0.717, 1.165) is 11.1 Å². The third kappa shape index (κ3) is 3.06.